The number of rotatable bonds is 3. The van der Waals surface area contributed by atoms with Crippen LogP contribution in [0.3, 0.4) is 0 Å². The van der Waals surface area contributed by atoms with Crippen molar-refractivity contribution >= 4 is 24.4 Å². The average Bonchev–Trinajstić information content (AvgIpc) is 2.03. The molecule has 1 aliphatic rings. The summed E-state index contributed by atoms with van der Waals surface area (Å²) in [6, 6.07) is 0. The van der Waals surface area contributed by atoms with Gasteiger partial charge in [-0.1, -0.05) is 20.8 Å². The molecule has 0 spiro atoms. The molecule has 1 fully saturated rings. The minimum absolute atomic E-state index is 0.366. The molecule has 0 aliphatic carbocycles. The summed E-state index contributed by atoms with van der Waals surface area (Å²) in [5.74, 6) is 2.27. The van der Waals surface area contributed by atoms with E-state index in [2.05, 4.69) is 50.1 Å². The molecular weight excluding hydrogens is 198 g/mol. The largest absolute Gasteiger partial charge is 0.301 e. The number of hydrogen-bond acceptors (Lipinski definition) is 3. The van der Waals surface area contributed by atoms with Crippen molar-refractivity contribution in [1.29, 1.82) is 0 Å². The first-order valence-corrected chi connectivity index (χ1v) is 6.66. The van der Waals surface area contributed by atoms with E-state index < -0.39 is 0 Å². The zero-order valence-electron chi connectivity index (χ0n) is 8.92. The van der Waals surface area contributed by atoms with Crippen molar-refractivity contribution in [2.45, 2.75) is 26.0 Å². The van der Waals surface area contributed by atoms with Crippen LogP contribution in [0.1, 0.15) is 20.8 Å². The highest BCUT2D eigenvalue weighted by molar-refractivity contribution is 7.99. The second-order valence-electron chi connectivity index (χ2n) is 4.74. The van der Waals surface area contributed by atoms with Crippen LogP contribution in [-0.2, 0) is 0 Å². The summed E-state index contributed by atoms with van der Waals surface area (Å²) in [6.45, 7) is 10.6. The highest BCUT2D eigenvalue weighted by Crippen LogP contribution is 2.23. The molecule has 1 saturated heterocycles. The first kappa shape index (κ1) is 11.7. The molecule has 0 aromatic carbocycles. The van der Waals surface area contributed by atoms with Crippen LogP contribution in [0, 0.1) is 5.41 Å². The molecule has 1 atom stereocenters. The standard InChI is InChI=1S/C10H21NS2/c1-9-6-11(4-5-13-9)7-10(2,3)8-12/h9,12H,4-8H2,1-3H3. The third-order valence-corrected chi connectivity index (χ3v) is 4.40. The van der Waals surface area contributed by atoms with Gasteiger partial charge in [0.05, 0.1) is 0 Å². The fourth-order valence-electron chi connectivity index (χ4n) is 1.69. The van der Waals surface area contributed by atoms with Gasteiger partial charge in [-0.05, 0) is 11.2 Å². The Hall–Kier alpha value is 0.660. The fraction of sp³-hybridized carbons (Fsp3) is 1.00. The highest BCUT2D eigenvalue weighted by Gasteiger charge is 2.23. The maximum atomic E-state index is 4.39. The van der Waals surface area contributed by atoms with Crippen LogP contribution in [0.4, 0.5) is 0 Å². The molecule has 0 bridgehead atoms. The normalized spacial score (nSPS) is 26.3. The van der Waals surface area contributed by atoms with Gasteiger partial charge in [-0.25, -0.2) is 0 Å². The Bertz CT molecular complexity index is 159. The zero-order chi connectivity index (χ0) is 9.90. The molecule has 78 valence electrons. The molecule has 0 radical (unpaired) electrons. The Morgan fingerprint density at radius 1 is 1.54 bits per heavy atom. The van der Waals surface area contributed by atoms with Gasteiger partial charge in [-0.15, -0.1) is 0 Å². The molecular formula is C10H21NS2. The van der Waals surface area contributed by atoms with E-state index >= 15 is 0 Å². The van der Waals surface area contributed by atoms with E-state index in [-0.39, 0.29) is 0 Å². The number of hydrogen-bond donors (Lipinski definition) is 1. The van der Waals surface area contributed by atoms with E-state index in [1.54, 1.807) is 0 Å². The number of thioether (sulfide) groups is 1. The van der Waals surface area contributed by atoms with Gasteiger partial charge in [-0.3, -0.25) is 0 Å². The lowest BCUT2D eigenvalue weighted by atomic mass is 9.95. The van der Waals surface area contributed by atoms with Crippen molar-refractivity contribution in [3.05, 3.63) is 0 Å². The van der Waals surface area contributed by atoms with Crippen molar-refractivity contribution in [3.63, 3.8) is 0 Å². The van der Waals surface area contributed by atoms with Crippen molar-refractivity contribution in [1.82, 2.24) is 4.90 Å². The Morgan fingerprint density at radius 2 is 2.23 bits per heavy atom. The lowest BCUT2D eigenvalue weighted by Crippen LogP contribution is -2.42. The molecule has 0 amide bonds. The van der Waals surface area contributed by atoms with Crippen LogP contribution in [0.5, 0.6) is 0 Å². The van der Waals surface area contributed by atoms with E-state index in [1.165, 1.54) is 25.4 Å². The number of nitrogens with zero attached hydrogens (tertiary/aromatic N) is 1. The van der Waals surface area contributed by atoms with Gasteiger partial charge in [0, 0.05) is 30.6 Å². The summed E-state index contributed by atoms with van der Waals surface area (Å²) < 4.78 is 0. The maximum absolute atomic E-state index is 4.39. The summed E-state index contributed by atoms with van der Waals surface area (Å²) in [5, 5.41) is 0.810. The van der Waals surface area contributed by atoms with Gasteiger partial charge >= 0.3 is 0 Å². The SMILES string of the molecule is CC1CN(CC(C)(C)CS)CCS1. The van der Waals surface area contributed by atoms with Crippen LogP contribution >= 0.6 is 24.4 Å². The van der Waals surface area contributed by atoms with Crippen molar-refractivity contribution < 1.29 is 0 Å². The third-order valence-electron chi connectivity index (χ3n) is 2.40. The second-order valence-corrected chi connectivity index (χ2v) is 6.60. The van der Waals surface area contributed by atoms with Crippen LogP contribution in [0.25, 0.3) is 0 Å². The predicted octanol–water partition coefficient (Wildman–Crippen LogP) is 2.38. The highest BCUT2D eigenvalue weighted by atomic mass is 32.2. The number of thiol groups is 1. The summed E-state index contributed by atoms with van der Waals surface area (Å²) in [5.41, 5.74) is 0.366. The van der Waals surface area contributed by atoms with E-state index in [0.29, 0.717) is 5.41 Å². The van der Waals surface area contributed by atoms with Crippen LogP contribution < -0.4 is 0 Å². The van der Waals surface area contributed by atoms with Crippen molar-refractivity contribution in [2.75, 3.05) is 31.1 Å². The molecule has 1 unspecified atom stereocenters. The molecule has 13 heavy (non-hydrogen) atoms. The van der Waals surface area contributed by atoms with Gasteiger partial charge in [0.1, 0.15) is 0 Å². The molecule has 0 aromatic heterocycles. The minimum Gasteiger partial charge on any atom is -0.301 e. The lowest BCUT2D eigenvalue weighted by molar-refractivity contribution is 0.202. The molecule has 0 aromatic rings. The molecule has 3 heteroatoms. The Labute approximate surface area is 92.1 Å². The summed E-state index contributed by atoms with van der Waals surface area (Å²) in [4.78, 5) is 2.58. The minimum atomic E-state index is 0.366. The van der Waals surface area contributed by atoms with Gasteiger partial charge in [0.15, 0.2) is 0 Å². The molecule has 1 aliphatic heterocycles. The van der Waals surface area contributed by atoms with Crippen LogP contribution in [0.15, 0.2) is 0 Å². The second kappa shape index (κ2) is 4.94. The molecule has 0 N–H and O–H groups in total. The molecule has 0 saturated carbocycles. The van der Waals surface area contributed by atoms with Crippen LogP contribution in [-0.4, -0.2) is 41.3 Å². The van der Waals surface area contributed by atoms with Crippen molar-refractivity contribution in [2.24, 2.45) is 5.41 Å². The topological polar surface area (TPSA) is 3.24 Å². The van der Waals surface area contributed by atoms with Gasteiger partial charge in [-0.2, -0.15) is 24.4 Å². The third kappa shape index (κ3) is 4.13. The first-order valence-electron chi connectivity index (χ1n) is 4.98. The quantitative estimate of drug-likeness (QED) is 0.726. The molecule has 1 rings (SSSR count). The van der Waals surface area contributed by atoms with Gasteiger partial charge in [0.25, 0.3) is 0 Å². The van der Waals surface area contributed by atoms with E-state index in [1.807, 2.05) is 0 Å². The Kier molecular flexibility index (Phi) is 4.46. The first-order chi connectivity index (χ1) is 6.03. The predicted molar refractivity (Wildman–Crippen MR) is 66.0 cm³/mol. The Balaban J connectivity index is 2.35. The van der Waals surface area contributed by atoms with Gasteiger partial charge < -0.3 is 4.90 Å². The fourth-order valence-corrected chi connectivity index (χ4v) is 2.87. The van der Waals surface area contributed by atoms with E-state index in [4.69, 9.17) is 0 Å². The van der Waals surface area contributed by atoms with Crippen LogP contribution in [0.2, 0.25) is 0 Å². The average molecular weight is 219 g/mol. The summed E-state index contributed by atoms with van der Waals surface area (Å²) in [7, 11) is 0. The Morgan fingerprint density at radius 3 is 2.77 bits per heavy atom. The maximum Gasteiger partial charge on any atom is 0.0147 e. The van der Waals surface area contributed by atoms with Gasteiger partial charge in [0.2, 0.25) is 0 Å². The zero-order valence-corrected chi connectivity index (χ0v) is 10.6. The summed E-state index contributed by atoms with van der Waals surface area (Å²) >= 11 is 6.49. The molecule has 1 heterocycles. The lowest BCUT2D eigenvalue weighted by Gasteiger charge is -2.36. The smallest absolute Gasteiger partial charge is 0.0147 e. The van der Waals surface area contributed by atoms with E-state index in [0.717, 1.165) is 11.0 Å². The van der Waals surface area contributed by atoms with Crippen molar-refractivity contribution in [3.8, 4) is 0 Å². The van der Waals surface area contributed by atoms with E-state index in [9.17, 15) is 0 Å². The molecule has 1 nitrogen and oxygen atoms in total. The monoisotopic (exact) mass is 219 g/mol. The summed E-state index contributed by atoms with van der Waals surface area (Å²) in [6.07, 6.45) is 0.